The van der Waals surface area contributed by atoms with Crippen LogP contribution in [0.1, 0.15) is 23.6 Å². The van der Waals surface area contributed by atoms with Crippen LogP contribution in [0.3, 0.4) is 0 Å². The third kappa shape index (κ3) is 6.84. The van der Waals surface area contributed by atoms with Crippen LogP contribution in [0.4, 0.5) is 0 Å². The molecule has 3 aromatic rings. The summed E-state index contributed by atoms with van der Waals surface area (Å²) in [4.78, 5) is 0. The molecule has 0 spiro atoms. The SMILES string of the molecule is CCOc1cc(CNCc2ccccc2OC)ccc1OCc1ccc(Cl)cc1.Cl. The predicted octanol–water partition coefficient (Wildman–Crippen LogP) is 6.04. The van der Waals surface area contributed by atoms with Crippen LogP contribution in [0.2, 0.25) is 5.02 Å². The summed E-state index contributed by atoms with van der Waals surface area (Å²) >= 11 is 5.94. The molecule has 0 aliphatic rings. The summed E-state index contributed by atoms with van der Waals surface area (Å²) in [5, 5.41) is 4.17. The van der Waals surface area contributed by atoms with Crippen molar-refractivity contribution in [3.8, 4) is 17.2 Å². The molecular weight excluding hydrogens is 421 g/mol. The fourth-order valence-corrected chi connectivity index (χ4v) is 3.11. The number of nitrogens with one attached hydrogen (secondary N) is 1. The molecule has 6 heteroatoms. The van der Waals surface area contributed by atoms with Crippen LogP contribution in [-0.4, -0.2) is 13.7 Å². The Bertz CT molecular complexity index is 917. The van der Waals surface area contributed by atoms with Crippen molar-refractivity contribution in [2.45, 2.75) is 26.6 Å². The average Bonchev–Trinajstić information content (AvgIpc) is 2.75. The summed E-state index contributed by atoms with van der Waals surface area (Å²) in [5.74, 6) is 2.37. The Morgan fingerprint density at radius 1 is 0.800 bits per heavy atom. The molecule has 3 aromatic carbocycles. The number of rotatable bonds is 10. The number of benzene rings is 3. The van der Waals surface area contributed by atoms with Crippen LogP contribution in [0.25, 0.3) is 0 Å². The number of para-hydroxylation sites is 1. The smallest absolute Gasteiger partial charge is 0.161 e. The molecule has 0 saturated carbocycles. The minimum atomic E-state index is 0. The molecule has 3 rings (SSSR count). The lowest BCUT2D eigenvalue weighted by Crippen LogP contribution is -2.13. The van der Waals surface area contributed by atoms with E-state index in [1.807, 2.05) is 61.5 Å². The van der Waals surface area contributed by atoms with Gasteiger partial charge in [-0.05, 0) is 48.4 Å². The summed E-state index contributed by atoms with van der Waals surface area (Å²) in [6.45, 7) is 4.45. The van der Waals surface area contributed by atoms with Gasteiger partial charge < -0.3 is 19.5 Å². The zero-order valence-corrected chi connectivity index (χ0v) is 18.8. The molecule has 0 bridgehead atoms. The summed E-state index contributed by atoms with van der Waals surface area (Å²) in [5.41, 5.74) is 3.31. The van der Waals surface area contributed by atoms with Gasteiger partial charge in [0.05, 0.1) is 13.7 Å². The van der Waals surface area contributed by atoms with E-state index in [9.17, 15) is 0 Å². The monoisotopic (exact) mass is 447 g/mol. The molecule has 0 aliphatic heterocycles. The topological polar surface area (TPSA) is 39.7 Å². The van der Waals surface area contributed by atoms with Gasteiger partial charge >= 0.3 is 0 Å². The van der Waals surface area contributed by atoms with Crippen LogP contribution in [0, 0.1) is 0 Å². The van der Waals surface area contributed by atoms with Crippen molar-refractivity contribution in [2.75, 3.05) is 13.7 Å². The van der Waals surface area contributed by atoms with Crippen molar-refractivity contribution in [3.05, 3.63) is 88.4 Å². The first-order chi connectivity index (χ1) is 14.2. The molecular formula is C24H27Cl2NO3. The van der Waals surface area contributed by atoms with Crippen LogP contribution in [0.15, 0.2) is 66.7 Å². The first kappa shape index (κ1) is 23.9. The second kappa shape index (κ2) is 12.3. The van der Waals surface area contributed by atoms with Crippen molar-refractivity contribution in [1.82, 2.24) is 5.32 Å². The van der Waals surface area contributed by atoms with E-state index in [-0.39, 0.29) is 12.4 Å². The molecule has 0 atom stereocenters. The van der Waals surface area contributed by atoms with Crippen molar-refractivity contribution >= 4 is 24.0 Å². The number of hydrogen-bond acceptors (Lipinski definition) is 4. The Morgan fingerprint density at radius 2 is 1.53 bits per heavy atom. The van der Waals surface area contributed by atoms with Crippen molar-refractivity contribution in [3.63, 3.8) is 0 Å². The molecule has 1 N–H and O–H groups in total. The molecule has 0 fully saturated rings. The summed E-state index contributed by atoms with van der Waals surface area (Å²) in [7, 11) is 1.69. The Morgan fingerprint density at radius 3 is 2.27 bits per heavy atom. The van der Waals surface area contributed by atoms with E-state index < -0.39 is 0 Å². The molecule has 4 nitrogen and oxygen atoms in total. The summed E-state index contributed by atoms with van der Waals surface area (Å²) in [6, 6.07) is 21.7. The first-order valence-corrected chi connectivity index (χ1v) is 10.0. The van der Waals surface area contributed by atoms with E-state index in [0.717, 1.165) is 47.0 Å². The van der Waals surface area contributed by atoms with E-state index in [2.05, 4.69) is 17.4 Å². The van der Waals surface area contributed by atoms with Crippen molar-refractivity contribution in [2.24, 2.45) is 0 Å². The third-order valence-corrected chi connectivity index (χ3v) is 4.70. The van der Waals surface area contributed by atoms with Crippen LogP contribution in [0.5, 0.6) is 17.2 Å². The van der Waals surface area contributed by atoms with Gasteiger partial charge in [-0.1, -0.05) is 48.0 Å². The highest BCUT2D eigenvalue weighted by molar-refractivity contribution is 6.30. The Hall–Kier alpha value is -2.40. The lowest BCUT2D eigenvalue weighted by atomic mass is 10.1. The summed E-state index contributed by atoms with van der Waals surface area (Å²) in [6.07, 6.45) is 0. The number of hydrogen-bond donors (Lipinski definition) is 1. The fourth-order valence-electron chi connectivity index (χ4n) is 2.98. The summed E-state index contributed by atoms with van der Waals surface area (Å²) < 4.78 is 17.2. The zero-order chi connectivity index (χ0) is 20.5. The molecule has 0 heterocycles. The van der Waals surface area contributed by atoms with Crippen molar-refractivity contribution in [1.29, 1.82) is 0 Å². The number of halogens is 2. The van der Waals surface area contributed by atoms with Gasteiger partial charge in [0.15, 0.2) is 11.5 Å². The van der Waals surface area contributed by atoms with Gasteiger partial charge in [0.25, 0.3) is 0 Å². The third-order valence-electron chi connectivity index (χ3n) is 4.45. The standard InChI is InChI=1S/C24H26ClNO3.ClH/c1-3-28-24-14-19(15-26-16-20-6-4-5-7-22(20)27-2)10-13-23(24)29-17-18-8-11-21(25)12-9-18;/h4-14,26H,3,15-17H2,1-2H3;1H. The second-order valence-corrected chi connectivity index (χ2v) is 6.98. The minimum absolute atomic E-state index is 0. The molecule has 0 aliphatic carbocycles. The maximum absolute atomic E-state index is 5.97. The maximum Gasteiger partial charge on any atom is 0.161 e. The normalized spacial score (nSPS) is 10.2. The number of methoxy groups -OCH3 is 1. The molecule has 160 valence electrons. The maximum atomic E-state index is 5.97. The number of ether oxygens (including phenoxy) is 3. The second-order valence-electron chi connectivity index (χ2n) is 6.54. The van der Waals surface area contributed by atoms with Gasteiger partial charge in [-0.25, -0.2) is 0 Å². The Labute approximate surface area is 189 Å². The van der Waals surface area contributed by atoms with Crippen LogP contribution in [-0.2, 0) is 19.7 Å². The molecule has 30 heavy (non-hydrogen) atoms. The van der Waals surface area contributed by atoms with Gasteiger partial charge in [-0.3, -0.25) is 0 Å². The van der Waals surface area contributed by atoms with Gasteiger partial charge in [-0.15, -0.1) is 12.4 Å². The van der Waals surface area contributed by atoms with Crippen LogP contribution < -0.4 is 19.5 Å². The van der Waals surface area contributed by atoms with Gasteiger partial charge in [0.1, 0.15) is 12.4 Å². The quantitative estimate of drug-likeness (QED) is 0.411. The highest BCUT2D eigenvalue weighted by atomic mass is 35.5. The van der Waals surface area contributed by atoms with E-state index in [1.165, 1.54) is 0 Å². The van der Waals surface area contributed by atoms with Crippen molar-refractivity contribution < 1.29 is 14.2 Å². The molecule has 0 saturated heterocycles. The van der Waals surface area contributed by atoms with E-state index >= 15 is 0 Å². The zero-order valence-electron chi connectivity index (χ0n) is 17.2. The highest BCUT2D eigenvalue weighted by Gasteiger charge is 2.08. The Balaban J connectivity index is 0.00000320. The average molecular weight is 448 g/mol. The molecule has 0 unspecified atom stereocenters. The minimum Gasteiger partial charge on any atom is -0.496 e. The van der Waals surface area contributed by atoms with E-state index in [0.29, 0.717) is 18.2 Å². The van der Waals surface area contributed by atoms with E-state index in [4.69, 9.17) is 25.8 Å². The highest BCUT2D eigenvalue weighted by Crippen LogP contribution is 2.29. The lowest BCUT2D eigenvalue weighted by Gasteiger charge is -2.14. The van der Waals surface area contributed by atoms with E-state index in [1.54, 1.807) is 7.11 Å². The van der Waals surface area contributed by atoms with Crippen LogP contribution >= 0.6 is 24.0 Å². The fraction of sp³-hybridized carbons (Fsp3) is 0.250. The van der Waals surface area contributed by atoms with Gasteiger partial charge in [0, 0.05) is 23.7 Å². The lowest BCUT2D eigenvalue weighted by molar-refractivity contribution is 0.269. The first-order valence-electron chi connectivity index (χ1n) is 9.65. The predicted molar refractivity (Wildman–Crippen MR) is 124 cm³/mol. The molecule has 0 aromatic heterocycles. The molecule has 0 amide bonds. The Kier molecular flexibility index (Phi) is 9.81. The van der Waals surface area contributed by atoms with Gasteiger partial charge in [0.2, 0.25) is 0 Å². The van der Waals surface area contributed by atoms with Gasteiger partial charge in [-0.2, -0.15) is 0 Å². The largest absolute Gasteiger partial charge is 0.496 e. The molecule has 0 radical (unpaired) electrons.